The number of rotatable bonds is 5. The van der Waals surface area contributed by atoms with Crippen LogP contribution in [0.25, 0.3) is 0 Å². The minimum Gasteiger partial charge on any atom is -0.470 e. The van der Waals surface area contributed by atoms with Gasteiger partial charge in [-0.15, -0.1) is 0 Å². The highest BCUT2D eigenvalue weighted by molar-refractivity contribution is 5.76. The summed E-state index contributed by atoms with van der Waals surface area (Å²) < 4.78 is 6.97. The van der Waals surface area contributed by atoms with Gasteiger partial charge in [-0.05, 0) is 0 Å². The summed E-state index contributed by atoms with van der Waals surface area (Å²) in [6.07, 6.45) is 4.70. The fourth-order valence-corrected chi connectivity index (χ4v) is 2.69. The highest BCUT2D eigenvalue weighted by Crippen LogP contribution is 2.19. The summed E-state index contributed by atoms with van der Waals surface area (Å²) in [6.45, 7) is 1.08. The molecule has 3 rings (SSSR count). The van der Waals surface area contributed by atoms with Gasteiger partial charge in [0.05, 0.1) is 6.54 Å². The summed E-state index contributed by atoms with van der Waals surface area (Å²) in [5.41, 5.74) is -0.910. The predicted octanol–water partition coefficient (Wildman–Crippen LogP) is -0.732. The Morgan fingerprint density at radius 3 is 2.96 bits per heavy atom. The van der Waals surface area contributed by atoms with Crippen molar-refractivity contribution < 1.29 is 9.53 Å². The van der Waals surface area contributed by atoms with Crippen molar-refractivity contribution in [1.82, 2.24) is 24.4 Å². The number of aromatic nitrogens is 4. The maximum absolute atomic E-state index is 12.3. The molecule has 0 saturated carbocycles. The van der Waals surface area contributed by atoms with Crippen molar-refractivity contribution in [1.29, 1.82) is 5.26 Å². The molecule has 10 heteroatoms. The average molecular weight is 356 g/mol. The topological polar surface area (TPSA) is 134 Å². The van der Waals surface area contributed by atoms with Crippen LogP contribution in [0, 0.1) is 11.3 Å². The lowest BCUT2D eigenvalue weighted by atomic mass is 10.3. The number of carbonyl (C=O) groups is 1. The molecule has 1 saturated heterocycles. The summed E-state index contributed by atoms with van der Waals surface area (Å²) in [6, 6.07) is 3.15. The first kappa shape index (κ1) is 17.3. The van der Waals surface area contributed by atoms with E-state index in [2.05, 4.69) is 15.0 Å². The molecule has 3 heterocycles. The molecule has 0 unspecified atom stereocenters. The molecule has 0 aromatic carbocycles. The second-order valence-corrected chi connectivity index (χ2v) is 5.74. The standard InChI is InChI=1S/C16H16N6O4/c17-9-12-15(19-5-4-18-12)26-11-1-6-22(10-11)14(24)3-8-21-7-2-13(23)20-16(21)25/h2,4-5,7,11H,1,3,6,8,10H2,(H,20,23,25)/t11-/m1/s1. The molecule has 26 heavy (non-hydrogen) atoms. The smallest absolute Gasteiger partial charge is 0.328 e. The second-order valence-electron chi connectivity index (χ2n) is 5.74. The molecule has 1 atom stereocenters. The zero-order chi connectivity index (χ0) is 18.5. The van der Waals surface area contributed by atoms with Crippen LogP contribution in [0.2, 0.25) is 0 Å². The van der Waals surface area contributed by atoms with Crippen LogP contribution in [0.3, 0.4) is 0 Å². The molecule has 0 radical (unpaired) electrons. The lowest BCUT2D eigenvalue weighted by Gasteiger charge is -2.17. The lowest BCUT2D eigenvalue weighted by molar-refractivity contribution is -0.130. The predicted molar refractivity (Wildman–Crippen MR) is 88.3 cm³/mol. The molecular weight excluding hydrogens is 340 g/mol. The number of H-pyrrole nitrogens is 1. The van der Waals surface area contributed by atoms with Crippen molar-refractivity contribution in [3.8, 4) is 11.9 Å². The number of hydrogen-bond donors (Lipinski definition) is 1. The molecule has 1 aliphatic rings. The monoisotopic (exact) mass is 356 g/mol. The third-order valence-corrected chi connectivity index (χ3v) is 4.01. The minimum atomic E-state index is -0.542. The van der Waals surface area contributed by atoms with E-state index in [1.165, 1.54) is 29.2 Å². The summed E-state index contributed by atoms with van der Waals surface area (Å²) in [5.74, 6) is 0.0444. The van der Waals surface area contributed by atoms with Gasteiger partial charge < -0.3 is 14.2 Å². The zero-order valence-electron chi connectivity index (χ0n) is 13.8. The Kier molecular flexibility index (Phi) is 5.07. The number of nitrogens with one attached hydrogen (secondary N) is 1. The van der Waals surface area contributed by atoms with Gasteiger partial charge in [-0.3, -0.25) is 14.6 Å². The average Bonchev–Trinajstić information content (AvgIpc) is 3.10. The number of likely N-dealkylation sites (tertiary alicyclic amines) is 1. The van der Waals surface area contributed by atoms with Crippen LogP contribution >= 0.6 is 0 Å². The molecule has 10 nitrogen and oxygen atoms in total. The van der Waals surface area contributed by atoms with Gasteiger partial charge in [0.2, 0.25) is 11.6 Å². The summed E-state index contributed by atoms with van der Waals surface area (Å²) in [4.78, 5) is 46.6. The number of ether oxygens (including phenoxy) is 1. The maximum atomic E-state index is 12.3. The van der Waals surface area contributed by atoms with E-state index in [0.29, 0.717) is 19.5 Å². The molecule has 0 aliphatic carbocycles. The number of aromatic amines is 1. The third-order valence-electron chi connectivity index (χ3n) is 4.01. The van der Waals surface area contributed by atoms with Crippen molar-refractivity contribution in [2.45, 2.75) is 25.5 Å². The molecule has 2 aromatic heterocycles. The van der Waals surface area contributed by atoms with Crippen molar-refractivity contribution >= 4 is 5.91 Å². The quantitative estimate of drug-likeness (QED) is 0.746. The van der Waals surface area contributed by atoms with Crippen LogP contribution in [-0.4, -0.2) is 49.5 Å². The van der Waals surface area contributed by atoms with Gasteiger partial charge >= 0.3 is 5.69 Å². The van der Waals surface area contributed by atoms with Crippen LogP contribution in [0.15, 0.2) is 34.2 Å². The van der Waals surface area contributed by atoms with Gasteiger partial charge in [-0.1, -0.05) is 0 Å². The van der Waals surface area contributed by atoms with Gasteiger partial charge in [-0.2, -0.15) is 5.26 Å². The molecule has 134 valence electrons. The summed E-state index contributed by atoms with van der Waals surface area (Å²) in [7, 11) is 0. The Morgan fingerprint density at radius 2 is 2.19 bits per heavy atom. The van der Waals surface area contributed by atoms with E-state index >= 15 is 0 Å². The largest absolute Gasteiger partial charge is 0.470 e. The van der Waals surface area contributed by atoms with E-state index in [9.17, 15) is 14.4 Å². The Hall–Kier alpha value is -3.48. The van der Waals surface area contributed by atoms with Crippen LogP contribution in [-0.2, 0) is 11.3 Å². The number of aryl methyl sites for hydroxylation is 1. The van der Waals surface area contributed by atoms with Gasteiger partial charge in [0.1, 0.15) is 12.2 Å². The van der Waals surface area contributed by atoms with Crippen molar-refractivity contribution in [2.75, 3.05) is 13.1 Å². The molecule has 0 bridgehead atoms. The Balaban J connectivity index is 1.55. The third kappa shape index (κ3) is 3.94. The van der Waals surface area contributed by atoms with E-state index in [1.807, 2.05) is 6.07 Å². The minimum absolute atomic E-state index is 0.106. The van der Waals surface area contributed by atoms with Gasteiger partial charge in [0, 0.05) is 50.6 Å². The van der Waals surface area contributed by atoms with Crippen LogP contribution in [0.5, 0.6) is 5.88 Å². The van der Waals surface area contributed by atoms with Gasteiger partial charge in [0.15, 0.2) is 0 Å². The van der Waals surface area contributed by atoms with Crippen molar-refractivity contribution in [2.24, 2.45) is 0 Å². The molecule has 1 amide bonds. The summed E-state index contributed by atoms with van der Waals surface area (Å²) >= 11 is 0. The first-order chi connectivity index (χ1) is 12.6. The molecule has 0 spiro atoms. The Morgan fingerprint density at radius 1 is 1.38 bits per heavy atom. The number of carbonyl (C=O) groups excluding carboxylic acids is 1. The van der Waals surface area contributed by atoms with Crippen molar-refractivity contribution in [3.05, 3.63) is 51.2 Å². The molecular formula is C16H16N6O4. The number of nitrogens with zero attached hydrogens (tertiary/aromatic N) is 5. The van der Waals surface area contributed by atoms with Crippen LogP contribution in [0.4, 0.5) is 0 Å². The van der Waals surface area contributed by atoms with Gasteiger partial charge in [-0.25, -0.2) is 14.8 Å². The fraction of sp³-hybridized carbons (Fsp3) is 0.375. The molecule has 2 aromatic rings. The number of nitriles is 1. The maximum Gasteiger partial charge on any atom is 0.328 e. The first-order valence-electron chi connectivity index (χ1n) is 8.02. The highest BCUT2D eigenvalue weighted by Gasteiger charge is 2.28. The van der Waals surface area contributed by atoms with E-state index < -0.39 is 11.2 Å². The molecule has 1 N–H and O–H groups in total. The molecule has 1 aliphatic heterocycles. The van der Waals surface area contributed by atoms with E-state index in [4.69, 9.17) is 10.00 Å². The fourth-order valence-electron chi connectivity index (χ4n) is 2.69. The zero-order valence-corrected chi connectivity index (χ0v) is 13.8. The lowest BCUT2D eigenvalue weighted by Crippen LogP contribution is -2.34. The number of hydrogen-bond acceptors (Lipinski definition) is 7. The van der Waals surface area contributed by atoms with E-state index in [0.717, 1.165) is 0 Å². The second kappa shape index (κ2) is 7.60. The normalized spacial score (nSPS) is 16.3. The first-order valence-corrected chi connectivity index (χ1v) is 8.02. The molecule has 1 fully saturated rings. The SMILES string of the molecule is N#Cc1nccnc1O[C@@H]1CCN(C(=O)CCn2ccc(=O)[nH]c2=O)C1. The van der Waals surface area contributed by atoms with Crippen LogP contribution < -0.4 is 16.0 Å². The van der Waals surface area contributed by atoms with E-state index in [1.54, 1.807) is 4.90 Å². The van der Waals surface area contributed by atoms with Crippen LogP contribution in [0.1, 0.15) is 18.5 Å². The number of amides is 1. The highest BCUT2D eigenvalue weighted by atomic mass is 16.5. The van der Waals surface area contributed by atoms with Gasteiger partial charge in [0.25, 0.3) is 11.4 Å². The van der Waals surface area contributed by atoms with E-state index in [-0.39, 0.29) is 36.6 Å². The Labute approximate surface area is 147 Å². The Bertz CT molecular complexity index is 960. The summed E-state index contributed by atoms with van der Waals surface area (Å²) in [5, 5.41) is 9.00. The van der Waals surface area contributed by atoms with Crippen molar-refractivity contribution in [3.63, 3.8) is 0 Å².